The summed E-state index contributed by atoms with van der Waals surface area (Å²) in [6.45, 7) is 6.14. The van der Waals surface area contributed by atoms with Crippen LogP contribution >= 0.6 is 0 Å². The van der Waals surface area contributed by atoms with Crippen LogP contribution in [0.25, 0.3) is 0 Å². The number of benzene rings is 1. The first kappa shape index (κ1) is 16.7. The summed E-state index contributed by atoms with van der Waals surface area (Å²) < 4.78 is 0. The molecule has 1 aliphatic heterocycles. The lowest BCUT2D eigenvalue weighted by Gasteiger charge is -2.35. The Hall–Kier alpha value is -2.14. The van der Waals surface area contributed by atoms with Gasteiger partial charge in [0.05, 0.1) is 0 Å². The van der Waals surface area contributed by atoms with Gasteiger partial charge < -0.3 is 15.5 Å². The highest BCUT2D eigenvalue weighted by Gasteiger charge is 2.24. The van der Waals surface area contributed by atoms with Crippen molar-refractivity contribution in [2.75, 3.05) is 29.9 Å². The standard InChI is InChI=1S/C19H27N5/c1-14-12-18(24-11-7-8-16(13-24)15(2)20)22-19(21-14)23(3)17-9-5-4-6-10-17/h4-6,9-10,12,15-16H,7-8,11,13,20H2,1-3H3. The van der Waals surface area contributed by atoms with Gasteiger partial charge in [0.25, 0.3) is 0 Å². The second-order valence-corrected chi connectivity index (χ2v) is 6.77. The number of nitrogens with zero attached hydrogens (tertiary/aromatic N) is 4. The molecule has 5 heteroatoms. The summed E-state index contributed by atoms with van der Waals surface area (Å²) in [7, 11) is 2.01. The summed E-state index contributed by atoms with van der Waals surface area (Å²) in [6, 6.07) is 12.5. The Labute approximate surface area is 144 Å². The third-order valence-corrected chi connectivity index (χ3v) is 4.80. The fourth-order valence-electron chi connectivity index (χ4n) is 3.26. The molecule has 24 heavy (non-hydrogen) atoms. The molecule has 0 aliphatic carbocycles. The van der Waals surface area contributed by atoms with E-state index in [2.05, 4.69) is 35.0 Å². The summed E-state index contributed by atoms with van der Waals surface area (Å²) in [5, 5.41) is 0. The Balaban J connectivity index is 1.86. The van der Waals surface area contributed by atoms with Crippen molar-refractivity contribution in [2.45, 2.75) is 32.7 Å². The van der Waals surface area contributed by atoms with Gasteiger partial charge in [-0.3, -0.25) is 0 Å². The minimum atomic E-state index is 0.224. The summed E-state index contributed by atoms with van der Waals surface area (Å²) in [4.78, 5) is 13.8. The highest BCUT2D eigenvalue weighted by atomic mass is 15.3. The fraction of sp³-hybridized carbons (Fsp3) is 0.474. The predicted octanol–water partition coefficient (Wildman–Crippen LogP) is 3.12. The second-order valence-electron chi connectivity index (χ2n) is 6.77. The lowest BCUT2D eigenvalue weighted by molar-refractivity contribution is 0.363. The number of aryl methyl sites for hydroxylation is 1. The monoisotopic (exact) mass is 325 g/mol. The molecule has 1 saturated heterocycles. The Kier molecular flexibility index (Phi) is 5.00. The average molecular weight is 325 g/mol. The van der Waals surface area contributed by atoms with Crippen LogP contribution in [-0.2, 0) is 0 Å². The van der Waals surface area contributed by atoms with Gasteiger partial charge in [0.2, 0.25) is 5.95 Å². The molecule has 0 bridgehead atoms. The van der Waals surface area contributed by atoms with Gasteiger partial charge in [-0.1, -0.05) is 18.2 Å². The predicted molar refractivity (Wildman–Crippen MR) is 99.9 cm³/mol. The third kappa shape index (κ3) is 3.67. The van der Waals surface area contributed by atoms with Crippen LogP contribution in [0, 0.1) is 12.8 Å². The van der Waals surface area contributed by atoms with Crippen LogP contribution in [0.15, 0.2) is 36.4 Å². The van der Waals surface area contributed by atoms with Gasteiger partial charge in [0.1, 0.15) is 5.82 Å². The minimum Gasteiger partial charge on any atom is -0.356 e. The third-order valence-electron chi connectivity index (χ3n) is 4.80. The van der Waals surface area contributed by atoms with Crippen LogP contribution < -0.4 is 15.5 Å². The van der Waals surface area contributed by atoms with E-state index in [-0.39, 0.29) is 6.04 Å². The molecule has 128 valence electrons. The van der Waals surface area contributed by atoms with Gasteiger partial charge in [0.15, 0.2) is 0 Å². The largest absolute Gasteiger partial charge is 0.356 e. The second kappa shape index (κ2) is 7.18. The van der Waals surface area contributed by atoms with Crippen molar-refractivity contribution in [1.29, 1.82) is 0 Å². The van der Waals surface area contributed by atoms with E-state index in [0.29, 0.717) is 5.92 Å². The molecule has 1 aromatic carbocycles. The van der Waals surface area contributed by atoms with Crippen molar-refractivity contribution < 1.29 is 0 Å². The number of rotatable bonds is 4. The van der Waals surface area contributed by atoms with Gasteiger partial charge in [-0.15, -0.1) is 0 Å². The van der Waals surface area contributed by atoms with E-state index in [1.807, 2.05) is 37.1 Å². The number of piperidine rings is 1. The zero-order valence-electron chi connectivity index (χ0n) is 14.8. The first-order valence-electron chi connectivity index (χ1n) is 8.69. The molecule has 2 heterocycles. The van der Waals surface area contributed by atoms with E-state index in [1.54, 1.807) is 0 Å². The van der Waals surface area contributed by atoms with E-state index < -0.39 is 0 Å². The van der Waals surface area contributed by atoms with Crippen LogP contribution in [0.2, 0.25) is 0 Å². The SMILES string of the molecule is Cc1cc(N2CCCC(C(C)N)C2)nc(N(C)c2ccccc2)n1. The molecule has 5 nitrogen and oxygen atoms in total. The van der Waals surface area contributed by atoms with Crippen molar-refractivity contribution in [3.05, 3.63) is 42.1 Å². The molecule has 3 rings (SSSR count). The number of hydrogen-bond acceptors (Lipinski definition) is 5. The topological polar surface area (TPSA) is 58.3 Å². The maximum absolute atomic E-state index is 6.12. The minimum absolute atomic E-state index is 0.224. The molecule has 1 fully saturated rings. The summed E-state index contributed by atoms with van der Waals surface area (Å²) >= 11 is 0. The Bertz CT molecular complexity index is 671. The molecule has 0 amide bonds. The summed E-state index contributed by atoms with van der Waals surface area (Å²) in [5.41, 5.74) is 8.19. The van der Waals surface area contributed by atoms with E-state index in [1.165, 1.54) is 12.8 Å². The van der Waals surface area contributed by atoms with E-state index in [4.69, 9.17) is 10.7 Å². The number of para-hydroxylation sites is 1. The van der Waals surface area contributed by atoms with E-state index >= 15 is 0 Å². The maximum atomic E-state index is 6.12. The lowest BCUT2D eigenvalue weighted by atomic mass is 9.92. The van der Waals surface area contributed by atoms with Crippen molar-refractivity contribution in [1.82, 2.24) is 9.97 Å². The molecule has 0 saturated carbocycles. The number of hydrogen-bond donors (Lipinski definition) is 1. The maximum Gasteiger partial charge on any atom is 0.231 e. The number of anilines is 3. The van der Waals surface area contributed by atoms with Crippen LogP contribution in [0.1, 0.15) is 25.5 Å². The van der Waals surface area contributed by atoms with Gasteiger partial charge in [-0.2, -0.15) is 4.98 Å². The lowest BCUT2D eigenvalue weighted by Crippen LogP contribution is -2.42. The number of aromatic nitrogens is 2. The first-order valence-corrected chi connectivity index (χ1v) is 8.69. The Morgan fingerprint density at radius 1 is 1.25 bits per heavy atom. The quantitative estimate of drug-likeness (QED) is 0.936. The van der Waals surface area contributed by atoms with Gasteiger partial charge in [-0.25, -0.2) is 4.98 Å². The van der Waals surface area contributed by atoms with Gasteiger partial charge in [-0.05, 0) is 44.7 Å². The van der Waals surface area contributed by atoms with Crippen LogP contribution in [0.4, 0.5) is 17.5 Å². The molecule has 2 aromatic rings. The van der Waals surface area contributed by atoms with Crippen molar-refractivity contribution in [3.8, 4) is 0 Å². The molecular formula is C19H27N5. The summed E-state index contributed by atoms with van der Waals surface area (Å²) in [5.74, 6) is 2.27. The Morgan fingerprint density at radius 2 is 2.00 bits per heavy atom. The first-order chi connectivity index (χ1) is 11.5. The molecule has 2 atom stereocenters. The zero-order chi connectivity index (χ0) is 17.1. The molecule has 1 aliphatic rings. The highest BCUT2D eigenvalue weighted by Crippen LogP contribution is 2.26. The van der Waals surface area contributed by atoms with Crippen LogP contribution in [-0.4, -0.2) is 36.1 Å². The molecule has 2 unspecified atom stereocenters. The molecular weight excluding hydrogens is 298 g/mol. The van der Waals surface area contributed by atoms with Crippen LogP contribution in [0.5, 0.6) is 0 Å². The van der Waals surface area contributed by atoms with E-state index in [9.17, 15) is 0 Å². The van der Waals surface area contributed by atoms with Gasteiger partial charge >= 0.3 is 0 Å². The van der Waals surface area contributed by atoms with Gasteiger partial charge in [0, 0.05) is 43.6 Å². The fourth-order valence-corrected chi connectivity index (χ4v) is 3.26. The van der Waals surface area contributed by atoms with Crippen molar-refractivity contribution in [3.63, 3.8) is 0 Å². The average Bonchev–Trinajstić information content (AvgIpc) is 2.61. The molecule has 0 radical (unpaired) electrons. The molecule has 0 spiro atoms. The van der Waals surface area contributed by atoms with Crippen molar-refractivity contribution in [2.24, 2.45) is 11.7 Å². The Morgan fingerprint density at radius 3 is 2.71 bits per heavy atom. The zero-order valence-corrected chi connectivity index (χ0v) is 14.8. The van der Waals surface area contributed by atoms with Crippen LogP contribution in [0.3, 0.4) is 0 Å². The molecule has 2 N–H and O–H groups in total. The highest BCUT2D eigenvalue weighted by molar-refractivity contribution is 5.58. The molecule has 1 aromatic heterocycles. The smallest absolute Gasteiger partial charge is 0.231 e. The normalized spacial score (nSPS) is 19.2. The number of nitrogens with two attached hydrogens (primary N) is 1. The van der Waals surface area contributed by atoms with Crippen molar-refractivity contribution >= 4 is 17.5 Å². The van der Waals surface area contributed by atoms with E-state index in [0.717, 1.165) is 36.2 Å². The summed E-state index contributed by atoms with van der Waals surface area (Å²) in [6.07, 6.45) is 2.37.